The van der Waals surface area contributed by atoms with Crippen molar-refractivity contribution in [2.24, 2.45) is 0 Å². The molecule has 0 fully saturated rings. The van der Waals surface area contributed by atoms with Crippen molar-refractivity contribution in [3.63, 3.8) is 0 Å². The molecule has 0 amide bonds. The molecule has 1 heterocycles. The first-order valence-electron chi connectivity index (χ1n) is 11.4. The maximum Gasteiger partial charge on any atom is 0.416 e. The lowest BCUT2D eigenvalue weighted by Crippen LogP contribution is -2.46. The molecule has 4 aromatic rings. The molecule has 0 radical (unpaired) electrons. The molecule has 0 aliphatic carbocycles. The average molecular weight is 513 g/mol. The fourth-order valence-corrected chi connectivity index (χ4v) is 4.66. The van der Waals surface area contributed by atoms with E-state index in [9.17, 15) is 17.6 Å². The maximum atomic E-state index is 14.7. The van der Waals surface area contributed by atoms with Crippen LogP contribution in [0, 0.1) is 19.7 Å². The third kappa shape index (κ3) is 5.94. The van der Waals surface area contributed by atoms with Gasteiger partial charge in [0, 0.05) is 19.2 Å². The normalized spacial score (nSPS) is 13.4. The highest BCUT2D eigenvalue weighted by atomic mass is 35.5. The third-order valence-electron chi connectivity index (χ3n) is 6.07. The van der Waals surface area contributed by atoms with Gasteiger partial charge >= 0.3 is 6.18 Å². The Labute approximate surface area is 213 Å². The van der Waals surface area contributed by atoms with E-state index in [1.807, 2.05) is 62.4 Å². The summed E-state index contributed by atoms with van der Waals surface area (Å²) in [5, 5.41) is 3.86. The van der Waals surface area contributed by atoms with Crippen LogP contribution in [0.15, 0.2) is 85.1 Å². The summed E-state index contributed by atoms with van der Waals surface area (Å²) in [6.45, 7) is 4.28. The summed E-state index contributed by atoms with van der Waals surface area (Å²) in [4.78, 5) is 4.49. The van der Waals surface area contributed by atoms with Gasteiger partial charge in [-0.05, 0) is 60.9 Å². The van der Waals surface area contributed by atoms with Crippen molar-refractivity contribution in [3.8, 4) is 0 Å². The number of benzene rings is 3. The Bertz CT molecular complexity index is 1320. The second-order valence-electron chi connectivity index (χ2n) is 9.01. The van der Waals surface area contributed by atoms with Gasteiger partial charge in [-0.3, -0.25) is 10.3 Å². The zero-order valence-corrected chi connectivity index (χ0v) is 20.6. The number of aromatic nitrogens is 1. The van der Waals surface area contributed by atoms with Crippen molar-refractivity contribution in [1.29, 1.82) is 0 Å². The van der Waals surface area contributed by atoms with Crippen molar-refractivity contribution >= 4 is 11.6 Å². The number of nitrogens with one attached hydrogen (secondary N) is 1. The second kappa shape index (κ2) is 10.4. The first-order valence-corrected chi connectivity index (χ1v) is 11.8. The fourth-order valence-electron chi connectivity index (χ4n) is 4.55. The first kappa shape index (κ1) is 25.9. The molecule has 4 rings (SSSR count). The third-order valence-corrected chi connectivity index (χ3v) is 6.29. The van der Waals surface area contributed by atoms with Gasteiger partial charge < -0.3 is 0 Å². The lowest BCUT2D eigenvalue weighted by atomic mass is 9.79. The summed E-state index contributed by atoms with van der Waals surface area (Å²) in [6.07, 6.45) is -3.04. The number of pyridine rings is 1. The van der Waals surface area contributed by atoms with Gasteiger partial charge in [0.2, 0.25) is 0 Å². The molecule has 36 heavy (non-hydrogen) atoms. The predicted molar refractivity (Wildman–Crippen MR) is 134 cm³/mol. The van der Waals surface area contributed by atoms with Crippen LogP contribution in [-0.4, -0.2) is 4.98 Å². The molecular weight excluding hydrogens is 488 g/mol. The highest BCUT2D eigenvalue weighted by Crippen LogP contribution is 2.38. The Morgan fingerprint density at radius 1 is 0.806 bits per heavy atom. The Balaban J connectivity index is 1.93. The molecule has 1 atom stereocenters. The Kier molecular flexibility index (Phi) is 7.48. The van der Waals surface area contributed by atoms with Gasteiger partial charge in [0.1, 0.15) is 5.82 Å². The average Bonchev–Trinajstić information content (AvgIpc) is 2.81. The molecule has 7 heteroatoms. The Hall–Kier alpha value is -3.22. The summed E-state index contributed by atoms with van der Waals surface area (Å²) in [7, 11) is 0. The van der Waals surface area contributed by atoms with Gasteiger partial charge in [-0.25, -0.2) is 4.39 Å². The Morgan fingerprint density at radius 2 is 1.47 bits per heavy atom. The molecule has 0 spiro atoms. The van der Waals surface area contributed by atoms with Gasteiger partial charge in [0.05, 0.1) is 21.8 Å². The predicted octanol–water partition coefficient (Wildman–Crippen LogP) is 7.79. The van der Waals surface area contributed by atoms with Crippen LogP contribution >= 0.6 is 11.6 Å². The van der Waals surface area contributed by atoms with E-state index in [4.69, 9.17) is 11.6 Å². The summed E-state index contributed by atoms with van der Waals surface area (Å²) in [5.74, 6) is -0.973. The molecule has 0 saturated carbocycles. The van der Waals surface area contributed by atoms with Crippen LogP contribution in [0.1, 0.15) is 39.1 Å². The molecule has 1 aromatic heterocycles. The maximum absolute atomic E-state index is 14.7. The quantitative estimate of drug-likeness (QED) is 0.256. The molecule has 0 bridgehead atoms. The van der Waals surface area contributed by atoms with Crippen molar-refractivity contribution in [3.05, 3.63) is 135 Å². The molecule has 0 aliphatic rings. The van der Waals surface area contributed by atoms with E-state index in [-0.39, 0.29) is 12.0 Å². The SMILES string of the molecule is Cc1cc(C)cc(CNC(Cc2ccccc2)(c2cc(F)cc(C(F)(F)F)c2)c2ccc(Cl)cn2)c1. The van der Waals surface area contributed by atoms with Crippen LogP contribution in [0.5, 0.6) is 0 Å². The molecule has 0 saturated heterocycles. The minimum Gasteiger partial charge on any atom is -0.298 e. The summed E-state index contributed by atoms with van der Waals surface area (Å²) >= 11 is 6.09. The topological polar surface area (TPSA) is 24.9 Å². The number of hydrogen-bond acceptors (Lipinski definition) is 2. The van der Waals surface area contributed by atoms with E-state index >= 15 is 0 Å². The highest BCUT2D eigenvalue weighted by Gasteiger charge is 2.39. The highest BCUT2D eigenvalue weighted by molar-refractivity contribution is 6.30. The molecule has 2 nitrogen and oxygen atoms in total. The second-order valence-corrected chi connectivity index (χ2v) is 9.44. The molecular formula is C29H25ClF4N2. The summed E-state index contributed by atoms with van der Waals surface area (Å²) in [5.41, 5.74) is 2.14. The molecule has 1 N–H and O–H groups in total. The monoisotopic (exact) mass is 512 g/mol. The van der Waals surface area contributed by atoms with Gasteiger partial charge in [0.15, 0.2) is 0 Å². The van der Waals surface area contributed by atoms with E-state index in [0.29, 0.717) is 23.3 Å². The van der Waals surface area contributed by atoms with E-state index in [1.165, 1.54) is 6.20 Å². The number of alkyl halides is 3. The van der Waals surface area contributed by atoms with E-state index in [1.54, 1.807) is 12.1 Å². The number of aryl methyl sites for hydroxylation is 2. The van der Waals surface area contributed by atoms with Gasteiger partial charge in [-0.15, -0.1) is 0 Å². The van der Waals surface area contributed by atoms with Crippen LogP contribution in [-0.2, 0) is 24.7 Å². The number of halogens is 5. The van der Waals surface area contributed by atoms with Crippen molar-refractivity contribution in [2.45, 2.75) is 38.5 Å². The lowest BCUT2D eigenvalue weighted by Gasteiger charge is -2.36. The Morgan fingerprint density at radius 3 is 2.08 bits per heavy atom. The number of hydrogen-bond donors (Lipinski definition) is 1. The largest absolute Gasteiger partial charge is 0.416 e. The molecule has 0 aliphatic heterocycles. The van der Waals surface area contributed by atoms with Gasteiger partial charge in [-0.1, -0.05) is 71.3 Å². The zero-order chi connectivity index (χ0) is 25.9. The molecule has 1 unspecified atom stereocenters. The van der Waals surface area contributed by atoms with Gasteiger partial charge in [-0.2, -0.15) is 13.2 Å². The van der Waals surface area contributed by atoms with Crippen LogP contribution in [0.25, 0.3) is 0 Å². The van der Waals surface area contributed by atoms with Crippen LogP contribution in [0.2, 0.25) is 5.02 Å². The van der Waals surface area contributed by atoms with E-state index < -0.39 is 23.1 Å². The smallest absolute Gasteiger partial charge is 0.298 e. The first-order chi connectivity index (χ1) is 17.0. The lowest BCUT2D eigenvalue weighted by molar-refractivity contribution is -0.137. The summed E-state index contributed by atoms with van der Waals surface area (Å²) in [6, 6.07) is 21.3. The fraction of sp³-hybridized carbons (Fsp3) is 0.207. The van der Waals surface area contributed by atoms with Crippen LogP contribution < -0.4 is 5.32 Å². The molecule has 3 aromatic carbocycles. The molecule has 186 valence electrons. The van der Waals surface area contributed by atoms with Gasteiger partial charge in [0.25, 0.3) is 0 Å². The standard InChI is InChI=1S/C29H25ClF4N2/c1-19-10-20(2)12-22(11-19)17-36-28(16-21-6-4-3-5-7-21,27-9-8-25(30)18-35-27)23-13-24(29(32,33)34)15-26(31)14-23/h3-15,18,36H,16-17H2,1-2H3. The van der Waals surface area contributed by atoms with Crippen LogP contribution in [0.3, 0.4) is 0 Å². The number of rotatable bonds is 7. The van der Waals surface area contributed by atoms with Crippen molar-refractivity contribution in [2.75, 3.05) is 0 Å². The van der Waals surface area contributed by atoms with E-state index in [0.717, 1.165) is 34.4 Å². The number of nitrogens with zero attached hydrogens (tertiary/aromatic N) is 1. The van der Waals surface area contributed by atoms with Crippen molar-refractivity contribution < 1.29 is 17.6 Å². The summed E-state index contributed by atoms with van der Waals surface area (Å²) < 4.78 is 55.9. The van der Waals surface area contributed by atoms with Crippen LogP contribution in [0.4, 0.5) is 17.6 Å². The van der Waals surface area contributed by atoms with E-state index in [2.05, 4.69) is 10.3 Å². The minimum atomic E-state index is -4.71. The minimum absolute atomic E-state index is 0.123. The zero-order valence-electron chi connectivity index (χ0n) is 19.8. The van der Waals surface area contributed by atoms with Crippen molar-refractivity contribution in [1.82, 2.24) is 10.3 Å².